The molecule has 1 aliphatic rings. The summed E-state index contributed by atoms with van der Waals surface area (Å²) in [4.78, 5) is 0.222. The Hall–Kier alpha value is -1.53. The van der Waals surface area contributed by atoms with Crippen molar-refractivity contribution in [2.45, 2.75) is 17.7 Å². The van der Waals surface area contributed by atoms with Gasteiger partial charge in [0.25, 0.3) is 10.0 Å². The lowest BCUT2D eigenvalue weighted by atomic mass is 10.0. The summed E-state index contributed by atoms with van der Waals surface area (Å²) in [6.07, 6.45) is 1.73. The van der Waals surface area contributed by atoms with Gasteiger partial charge in [-0.1, -0.05) is 18.2 Å². The lowest BCUT2D eigenvalue weighted by Crippen LogP contribution is -2.35. The van der Waals surface area contributed by atoms with Crippen LogP contribution in [0.2, 0.25) is 0 Å². The summed E-state index contributed by atoms with van der Waals surface area (Å²) in [6.45, 7) is 0.495. The van der Waals surface area contributed by atoms with Crippen LogP contribution in [0.4, 0.5) is 11.4 Å². The van der Waals surface area contributed by atoms with E-state index in [-0.39, 0.29) is 4.90 Å². The molecule has 21 heavy (non-hydrogen) atoms. The molecule has 0 aromatic heterocycles. The molecular weight excluding hydrogens is 352 g/mol. The minimum absolute atomic E-state index is 0.222. The van der Waals surface area contributed by atoms with Crippen LogP contribution in [0.25, 0.3) is 0 Å². The van der Waals surface area contributed by atoms with Crippen LogP contribution in [-0.2, 0) is 16.4 Å². The topological polar surface area (TPSA) is 63.4 Å². The van der Waals surface area contributed by atoms with E-state index in [2.05, 4.69) is 15.9 Å². The van der Waals surface area contributed by atoms with Gasteiger partial charge >= 0.3 is 0 Å². The van der Waals surface area contributed by atoms with Crippen molar-refractivity contribution in [3.05, 3.63) is 52.5 Å². The fraction of sp³-hybridized carbons (Fsp3) is 0.200. The number of nitrogens with two attached hydrogens (primary N) is 1. The molecule has 0 saturated carbocycles. The van der Waals surface area contributed by atoms with E-state index in [4.69, 9.17) is 5.73 Å². The number of para-hydroxylation sites is 1. The molecule has 110 valence electrons. The van der Waals surface area contributed by atoms with Crippen molar-refractivity contribution in [1.29, 1.82) is 0 Å². The molecule has 0 saturated heterocycles. The fourth-order valence-electron chi connectivity index (χ4n) is 2.56. The molecule has 0 aliphatic carbocycles. The summed E-state index contributed by atoms with van der Waals surface area (Å²) in [6, 6.07) is 12.4. The lowest BCUT2D eigenvalue weighted by molar-refractivity contribution is 0.586. The number of sulfonamides is 1. The van der Waals surface area contributed by atoms with E-state index in [0.717, 1.165) is 24.1 Å². The van der Waals surface area contributed by atoms with E-state index in [1.165, 1.54) is 10.4 Å². The van der Waals surface area contributed by atoms with Crippen molar-refractivity contribution in [3.63, 3.8) is 0 Å². The van der Waals surface area contributed by atoms with Crippen LogP contribution in [0.5, 0.6) is 0 Å². The van der Waals surface area contributed by atoms with E-state index in [1.54, 1.807) is 12.1 Å². The lowest BCUT2D eigenvalue weighted by Gasteiger charge is -2.30. The van der Waals surface area contributed by atoms with E-state index < -0.39 is 10.0 Å². The molecule has 0 unspecified atom stereocenters. The highest BCUT2D eigenvalue weighted by Crippen LogP contribution is 2.33. The first kappa shape index (κ1) is 14.4. The Balaban J connectivity index is 2.09. The third kappa shape index (κ3) is 2.53. The van der Waals surface area contributed by atoms with Gasteiger partial charge in [-0.05, 0) is 58.6 Å². The van der Waals surface area contributed by atoms with E-state index in [9.17, 15) is 8.42 Å². The quantitative estimate of drug-likeness (QED) is 0.830. The van der Waals surface area contributed by atoms with Gasteiger partial charge in [0.1, 0.15) is 0 Å². The first-order valence-electron chi connectivity index (χ1n) is 6.66. The largest absolute Gasteiger partial charge is 0.398 e. The van der Waals surface area contributed by atoms with Crippen molar-refractivity contribution in [1.82, 2.24) is 0 Å². The van der Waals surface area contributed by atoms with Gasteiger partial charge in [-0.15, -0.1) is 0 Å². The zero-order chi connectivity index (χ0) is 15.0. The van der Waals surface area contributed by atoms with Crippen LogP contribution < -0.4 is 10.0 Å². The van der Waals surface area contributed by atoms with Gasteiger partial charge in [-0.25, -0.2) is 8.42 Å². The minimum Gasteiger partial charge on any atom is -0.398 e. The third-order valence-electron chi connectivity index (χ3n) is 3.62. The molecule has 2 N–H and O–H groups in total. The Labute approximate surface area is 132 Å². The second kappa shape index (κ2) is 5.35. The molecule has 1 aliphatic heterocycles. The Morgan fingerprint density at radius 1 is 1.14 bits per heavy atom. The second-order valence-electron chi connectivity index (χ2n) is 4.99. The number of nitrogen functional groups attached to an aromatic ring is 1. The van der Waals surface area contributed by atoms with E-state index in [0.29, 0.717) is 16.7 Å². The van der Waals surface area contributed by atoms with Gasteiger partial charge in [0.15, 0.2) is 0 Å². The third-order valence-corrected chi connectivity index (χ3v) is 6.15. The standard InChI is InChI=1S/C15H15BrN2O2S/c16-13-8-7-12(10-14(13)17)21(19,20)18-9-3-5-11-4-1-2-6-15(11)18/h1-2,4,6-8,10H,3,5,9,17H2. The maximum absolute atomic E-state index is 12.9. The number of benzene rings is 2. The number of fused-ring (bicyclic) bond motifs is 1. The van der Waals surface area contributed by atoms with Crippen molar-refractivity contribution < 1.29 is 8.42 Å². The van der Waals surface area contributed by atoms with Crippen molar-refractivity contribution >= 4 is 37.3 Å². The zero-order valence-corrected chi connectivity index (χ0v) is 13.7. The van der Waals surface area contributed by atoms with Gasteiger partial charge < -0.3 is 5.73 Å². The van der Waals surface area contributed by atoms with Crippen molar-refractivity contribution in [2.24, 2.45) is 0 Å². The van der Waals surface area contributed by atoms with Gasteiger partial charge in [0, 0.05) is 16.7 Å². The summed E-state index contributed by atoms with van der Waals surface area (Å²) in [5, 5.41) is 0. The first-order valence-corrected chi connectivity index (χ1v) is 8.89. The molecule has 3 rings (SSSR count). The predicted molar refractivity (Wildman–Crippen MR) is 87.8 cm³/mol. The number of nitrogens with zero attached hydrogens (tertiary/aromatic N) is 1. The molecule has 1 heterocycles. The van der Waals surface area contributed by atoms with Gasteiger partial charge in [-0.2, -0.15) is 0 Å². The molecule has 4 nitrogen and oxygen atoms in total. The SMILES string of the molecule is Nc1cc(S(=O)(=O)N2CCCc3ccccc32)ccc1Br. The number of halogens is 1. The van der Waals surface area contributed by atoms with Crippen molar-refractivity contribution in [2.75, 3.05) is 16.6 Å². The number of aryl methyl sites for hydroxylation is 1. The molecule has 6 heteroatoms. The molecular formula is C15H15BrN2O2S. The maximum Gasteiger partial charge on any atom is 0.264 e. The summed E-state index contributed by atoms with van der Waals surface area (Å²) in [5.74, 6) is 0. The monoisotopic (exact) mass is 366 g/mol. The summed E-state index contributed by atoms with van der Waals surface area (Å²) in [5.41, 5.74) is 8.07. The van der Waals surface area contributed by atoms with Crippen LogP contribution in [0, 0.1) is 0 Å². The number of anilines is 2. The Morgan fingerprint density at radius 2 is 1.90 bits per heavy atom. The maximum atomic E-state index is 12.9. The van der Waals surface area contributed by atoms with Crippen LogP contribution in [0.15, 0.2) is 51.8 Å². The van der Waals surface area contributed by atoms with Crippen LogP contribution in [-0.4, -0.2) is 15.0 Å². The molecule has 0 spiro atoms. The Morgan fingerprint density at radius 3 is 2.67 bits per heavy atom. The van der Waals surface area contributed by atoms with Crippen molar-refractivity contribution in [3.8, 4) is 0 Å². The van der Waals surface area contributed by atoms with Crippen LogP contribution >= 0.6 is 15.9 Å². The van der Waals surface area contributed by atoms with Crippen LogP contribution in [0.1, 0.15) is 12.0 Å². The summed E-state index contributed by atoms with van der Waals surface area (Å²) in [7, 11) is -3.58. The molecule has 0 bridgehead atoms. The summed E-state index contributed by atoms with van der Waals surface area (Å²) < 4.78 is 27.9. The number of hydrogen-bond donors (Lipinski definition) is 1. The normalized spacial score (nSPS) is 14.8. The smallest absolute Gasteiger partial charge is 0.264 e. The highest BCUT2D eigenvalue weighted by atomic mass is 79.9. The highest BCUT2D eigenvalue weighted by Gasteiger charge is 2.29. The molecule has 0 amide bonds. The predicted octanol–water partition coefficient (Wildman–Crippen LogP) is 3.17. The van der Waals surface area contributed by atoms with E-state index in [1.807, 2.05) is 24.3 Å². The Bertz CT molecular complexity index is 790. The highest BCUT2D eigenvalue weighted by molar-refractivity contribution is 9.10. The second-order valence-corrected chi connectivity index (χ2v) is 7.71. The fourth-order valence-corrected chi connectivity index (χ4v) is 4.38. The van der Waals surface area contributed by atoms with Gasteiger partial charge in [0.2, 0.25) is 0 Å². The molecule has 0 radical (unpaired) electrons. The van der Waals surface area contributed by atoms with E-state index >= 15 is 0 Å². The molecule has 0 atom stereocenters. The van der Waals surface area contributed by atoms with Crippen LogP contribution in [0.3, 0.4) is 0 Å². The number of hydrogen-bond acceptors (Lipinski definition) is 3. The van der Waals surface area contributed by atoms with Gasteiger partial charge in [-0.3, -0.25) is 4.31 Å². The first-order chi connectivity index (χ1) is 10.00. The molecule has 2 aromatic carbocycles. The van der Waals surface area contributed by atoms with Gasteiger partial charge in [0.05, 0.1) is 10.6 Å². The average Bonchev–Trinajstić information content (AvgIpc) is 2.49. The number of rotatable bonds is 2. The molecule has 2 aromatic rings. The average molecular weight is 367 g/mol. The summed E-state index contributed by atoms with van der Waals surface area (Å²) >= 11 is 3.28. The zero-order valence-electron chi connectivity index (χ0n) is 11.3. The Kier molecular flexibility index (Phi) is 3.67. The minimum atomic E-state index is -3.58. The molecule has 0 fully saturated rings.